The summed E-state index contributed by atoms with van der Waals surface area (Å²) < 4.78 is 35.9. The fourth-order valence-electron chi connectivity index (χ4n) is 3.42. The molecule has 7 heteroatoms. The molecule has 0 aliphatic heterocycles. The molecule has 0 bridgehead atoms. The Morgan fingerprint density at radius 2 is 1.93 bits per heavy atom. The molecule has 0 aliphatic rings. The van der Waals surface area contributed by atoms with Gasteiger partial charge in [0.2, 0.25) is 0 Å². The molecule has 0 fully saturated rings. The summed E-state index contributed by atoms with van der Waals surface area (Å²) in [7, 11) is 0. The molecule has 2 heterocycles. The summed E-state index contributed by atoms with van der Waals surface area (Å²) in [5.41, 5.74) is 2.48. The van der Waals surface area contributed by atoms with Gasteiger partial charge >= 0.3 is 12.6 Å². The van der Waals surface area contributed by atoms with Gasteiger partial charge in [-0.05, 0) is 37.6 Å². The monoisotopic (exact) mass is 383 g/mol. The van der Waals surface area contributed by atoms with E-state index in [2.05, 4.69) is 9.72 Å². The number of pyridine rings is 1. The maximum absolute atomic E-state index is 12.8. The Morgan fingerprint density at radius 1 is 1.18 bits per heavy atom. The van der Waals surface area contributed by atoms with E-state index in [0.29, 0.717) is 28.2 Å². The number of aromatic nitrogens is 1. The normalized spacial score (nSPS) is 11.5. The molecule has 0 saturated carbocycles. The molecule has 0 spiro atoms. The molecule has 142 valence electrons. The number of carboxylic acids is 1. The molecule has 1 N–H and O–H groups in total. The minimum Gasteiger partial charge on any atom is -0.478 e. The van der Waals surface area contributed by atoms with Crippen LogP contribution in [0, 0.1) is 13.8 Å². The number of carbonyl (C=O) groups is 1. The van der Waals surface area contributed by atoms with Crippen LogP contribution < -0.4 is 4.74 Å². The van der Waals surface area contributed by atoms with Crippen molar-refractivity contribution in [3.63, 3.8) is 0 Å². The van der Waals surface area contributed by atoms with Crippen LogP contribution in [0.3, 0.4) is 0 Å². The predicted molar refractivity (Wildman–Crippen MR) is 100 cm³/mol. The zero-order valence-corrected chi connectivity index (χ0v) is 15.0. The Kier molecular flexibility index (Phi) is 4.22. The first-order valence-corrected chi connectivity index (χ1v) is 8.47. The van der Waals surface area contributed by atoms with Crippen molar-refractivity contribution in [2.24, 2.45) is 0 Å². The summed E-state index contributed by atoms with van der Waals surface area (Å²) in [6.45, 7) is 0.425. The molecule has 0 atom stereocenters. The van der Waals surface area contributed by atoms with Crippen LogP contribution in [0.1, 0.15) is 21.7 Å². The van der Waals surface area contributed by atoms with Gasteiger partial charge in [-0.1, -0.05) is 24.3 Å². The number of rotatable bonds is 4. The van der Waals surface area contributed by atoms with E-state index in [-0.39, 0.29) is 22.2 Å². The molecule has 0 unspecified atom stereocenters. The van der Waals surface area contributed by atoms with E-state index in [9.17, 15) is 18.7 Å². The van der Waals surface area contributed by atoms with Crippen LogP contribution in [0.25, 0.3) is 33.1 Å². The number of aromatic carboxylic acids is 1. The first-order chi connectivity index (χ1) is 13.4. The summed E-state index contributed by atoms with van der Waals surface area (Å²) in [6.07, 6.45) is 0. The number of aryl methyl sites for hydroxylation is 2. The number of fused-ring (bicyclic) bond motifs is 2. The average Bonchev–Trinajstić information content (AvgIpc) is 2.98. The molecule has 2 aromatic carbocycles. The average molecular weight is 383 g/mol. The van der Waals surface area contributed by atoms with Crippen LogP contribution in [0.5, 0.6) is 5.75 Å². The maximum Gasteiger partial charge on any atom is 0.387 e. The number of halogens is 2. The van der Waals surface area contributed by atoms with Crippen molar-refractivity contribution in [2.75, 3.05) is 0 Å². The molecule has 0 radical (unpaired) electrons. The van der Waals surface area contributed by atoms with E-state index in [1.165, 1.54) is 12.1 Å². The molecule has 0 saturated heterocycles. The van der Waals surface area contributed by atoms with E-state index in [1.54, 1.807) is 19.9 Å². The number of benzene rings is 2. The third-order valence-electron chi connectivity index (χ3n) is 4.60. The molecule has 0 aliphatic carbocycles. The molecule has 4 rings (SSSR count). The van der Waals surface area contributed by atoms with Crippen molar-refractivity contribution in [1.82, 2.24) is 4.98 Å². The number of nitrogens with zero attached hydrogens (tertiary/aromatic N) is 1. The van der Waals surface area contributed by atoms with Crippen molar-refractivity contribution in [1.29, 1.82) is 0 Å². The van der Waals surface area contributed by atoms with Gasteiger partial charge in [0.05, 0.1) is 22.2 Å². The van der Waals surface area contributed by atoms with Gasteiger partial charge in [-0.15, -0.1) is 0 Å². The molecular weight excluding hydrogens is 368 g/mol. The molecule has 4 aromatic rings. The van der Waals surface area contributed by atoms with E-state index in [4.69, 9.17) is 4.42 Å². The Bertz CT molecular complexity index is 1230. The lowest BCUT2D eigenvalue weighted by Crippen LogP contribution is -2.07. The zero-order valence-electron chi connectivity index (χ0n) is 15.0. The topological polar surface area (TPSA) is 72.6 Å². The fourth-order valence-corrected chi connectivity index (χ4v) is 3.42. The van der Waals surface area contributed by atoms with Crippen molar-refractivity contribution < 1.29 is 27.8 Å². The number of alkyl halides is 2. The van der Waals surface area contributed by atoms with Gasteiger partial charge in [-0.25, -0.2) is 9.78 Å². The smallest absolute Gasteiger partial charge is 0.387 e. The molecular formula is C21H15F2NO4. The lowest BCUT2D eigenvalue weighted by molar-refractivity contribution is -0.0488. The summed E-state index contributed by atoms with van der Waals surface area (Å²) in [6, 6.07) is 11.6. The van der Waals surface area contributed by atoms with Gasteiger partial charge in [0.15, 0.2) is 0 Å². The van der Waals surface area contributed by atoms with Crippen LogP contribution in [-0.2, 0) is 0 Å². The van der Waals surface area contributed by atoms with E-state index in [1.807, 2.05) is 24.3 Å². The molecule has 28 heavy (non-hydrogen) atoms. The van der Waals surface area contributed by atoms with Crippen molar-refractivity contribution >= 4 is 27.8 Å². The summed E-state index contributed by atoms with van der Waals surface area (Å²) >= 11 is 0. The third-order valence-corrected chi connectivity index (χ3v) is 4.60. The lowest BCUT2D eigenvalue weighted by atomic mass is 10.00. The van der Waals surface area contributed by atoms with Gasteiger partial charge in [0.25, 0.3) is 0 Å². The van der Waals surface area contributed by atoms with Crippen molar-refractivity contribution in [2.45, 2.75) is 20.5 Å². The summed E-state index contributed by atoms with van der Waals surface area (Å²) in [5.74, 6) is -0.897. The van der Waals surface area contributed by atoms with Crippen molar-refractivity contribution in [3.8, 4) is 17.0 Å². The number of carboxylic acid groups (broad SMARTS) is 1. The Morgan fingerprint density at radius 3 is 2.64 bits per heavy atom. The second kappa shape index (κ2) is 6.60. The summed E-state index contributed by atoms with van der Waals surface area (Å²) in [5, 5.41) is 10.6. The first kappa shape index (κ1) is 17.9. The third kappa shape index (κ3) is 2.85. The zero-order chi connectivity index (χ0) is 20.0. The molecule has 2 aromatic heterocycles. The number of para-hydroxylation sites is 1. The Labute approximate surface area is 158 Å². The minimum atomic E-state index is -3.08. The highest BCUT2D eigenvalue weighted by molar-refractivity contribution is 6.08. The molecule has 5 nitrogen and oxygen atoms in total. The Hall–Kier alpha value is -3.48. The number of hydrogen-bond donors (Lipinski definition) is 1. The van der Waals surface area contributed by atoms with Gasteiger partial charge in [0, 0.05) is 10.9 Å². The number of ether oxygens (including phenoxy) is 1. The predicted octanol–water partition coefficient (Wildman–Crippen LogP) is 5.56. The van der Waals surface area contributed by atoms with Crippen molar-refractivity contribution in [3.05, 3.63) is 59.4 Å². The molecule has 0 amide bonds. The van der Waals surface area contributed by atoms with Gasteiger partial charge in [0.1, 0.15) is 17.1 Å². The van der Waals surface area contributed by atoms with E-state index < -0.39 is 12.6 Å². The van der Waals surface area contributed by atoms with Crippen LogP contribution in [-0.4, -0.2) is 22.7 Å². The van der Waals surface area contributed by atoms with Crippen LogP contribution >= 0.6 is 0 Å². The Balaban J connectivity index is 2.08. The van der Waals surface area contributed by atoms with E-state index >= 15 is 0 Å². The van der Waals surface area contributed by atoms with Crippen LogP contribution in [0.4, 0.5) is 8.78 Å². The SMILES string of the molecule is Cc1oc2ccccc2c1-c1cc(C(=O)O)c2c(OC(F)F)ccc(C)c2n1. The van der Waals surface area contributed by atoms with Gasteiger partial charge in [-0.2, -0.15) is 8.78 Å². The summed E-state index contributed by atoms with van der Waals surface area (Å²) in [4.78, 5) is 16.5. The maximum atomic E-state index is 12.8. The lowest BCUT2D eigenvalue weighted by Gasteiger charge is -2.13. The van der Waals surface area contributed by atoms with E-state index in [0.717, 1.165) is 5.39 Å². The fraction of sp³-hybridized carbons (Fsp3) is 0.143. The standard InChI is InChI=1S/C21H15F2NO4/c1-10-7-8-16(28-21(22)23)18-13(20(25)26)9-14(24-19(10)18)17-11(2)27-15-6-4-3-5-12(15)17/h3-9,21H,1-2H3,(H,25,26). The second-order valence-corrected chi connectivity index (χ2v) is 6.37. The van der Waals surface area contributed by atoms with Gasteiger partial charge < -0.3 is 14.3 Å². The number of hydrogen-bond acceptors (Lipinski definition) is 4. The highest BCUT2D eigenvalue weighted by Gasteiger charge is 2.22. The minimum absolute atomic E-state index is 0.0435. The highest BCUT2D eigenvalue weighted by atomic mass is 19.3. The van der Waals surface area contributed by atoms with Crippen LogP contribution in [0.2, 0.25) is 0 Å². The van der Waals surface area contributed by atoms with Gasteiger partial charge in [-0.3, -0.25) is 0 Å². The van der Waals surface area contributed by atoms with Crippen LogP contribution in [0.15, 0.2) is 46.9 Å². The largest absolute Gasteiger partial charge is 0.478 e. The highest BCUT2D eigenvalue weighted by Crippen LogP contribution is 2.38. The quantitative estimate of drug-likeness (QED) is 0.499. The second-order valence-electron chi connectivity index (χ2n) is 6.37. The first-order valence-electron chi connectivity index (χ1n) is 8.47. The number of furan rings is 1.